The first kappa shape index (κ1) is 26.3. The Morgan fingerprint density at radius 1 is 0.765 bits per heavy atom. The van der Waals surface area contributed by atoms with E-state index < -0.39 is 0 Å². The number of carbonyl (C=O) groups is 1. The molecular formula is C32H44O2. The molecule has 2 nitrogen and oxygen atoms in total. The molecule has 1 atom stereocenters. The Balaban J connectivity index is 1.46. The van der Waals surface area contributed by atoms with Gasteiger partial charge in [0, 0.05) is 6.42 Å². The molecule has 0 spiro atoms. The number of unbranched alkanes of at least 4 members (excludes halogenated alkanes) is 7. The van der Waals surface area contributed by atoms with Crippen LogP contribution in [0.4, 0.5) is 0 Å². The maximum atomic E-state index is 11.9. The molecule has 0 aromatic heterocycles. The number of esters is 1. The molecule has 1 aliphatic rings. The van der Waals surface area contributed by atoms with Crippen molar-refractivity contribution in [2.75, 3.05) is 0 Å². The lowest BCUT2D eigenvalue weighted by molar-refractivity contribution is -0.134. The molecule has 184 valence electrons. The summed E-state index contributed by atoms with van der Waals surface area (Å²) >= 11 is 0. The van der Waals surface area contributed by atoms with E-state index in [4.69, 9.17) is 4.74 Å². The van der Waals surface area contributed by atoms with Gasteiger partial charge in [0.25, 0.3) is 0 Å². The van der Waals surface area contributed by atoms with Crippen LogP contribution < -0.4 is 4.74 Å². The van der Waals surface area contributed by atoms with Gasteiger partial charge in [-0.15, -0.1) is 0 Å². The van der Waals surface area contributed by atoms with Crippen LogP contribution in [0.5, 0.6) is 5.75 Å². The molecular weight excluding hydrogens is 416 g/mol. The minimum atomic E-state index is -0.138. The molecule has 1 aliphatic carbocycles. The van der Waals surface area contributed by atoms with E-state index >= 15 is 0 Å². The second-order valence-corrected chi connectivity index (χ2v) is 9.96. The van der Waals surface area contributed by atoms with Crippen molar-refractivity contribution in [1.29, 1.82) is 0 Å². The van der Waals surface area contributed by atoms with Crippen molar-refractivity contribution in [3.8, 4) is 16.9 Å². The number of rotatable bonds is 14. The summed E-state index contributed by atoms with van der Waals surface area (Å²) in [6.07, 6.45) is 19.6. The van der Waals surface area contributed by atoms with Crippen LogP contribution in [0.1, 0.15) is 109 Å². The maximum Gasteiger partial charge on any atom is 0.311 e. The Kier molecular flexibility index (Phi) is 11.4. The molecule has 2 heteroatoms. The molecule has 0 radical (unpaired) electrons. The number of ether oxygens (including phenoxy) is 1. The van der Waals surface area contributed by atoms with Crippen molar-refractivity contribution in [3.05, 3.63) is 60.2 Å². The highest BCUT2D eigenvalue weighted by Gasteiger charge is 2.15. The van der Waals surface area contributed by atoms with Crippen molar-refractivity contribution in [2.45, 2.75) is 104 Å². The highest BCUT2D eigenvalue weighted by molar-refractivity contribution is 5.74. The minimum Gasteiger partial charge on any atom is -0.427 e. The lowest BCUT2D eigenvalue weighted by atomic mass is 9.83. The van der Waals surface area contributed by atoms with E-state index in [1.54, 1.807) is 0 Å². The highest BCUT2D eigenvalue weighted by Crippen LogP contribution is 2.34. The van der Waals surface area contributed by atoms with E-state index in [2.05, 4.69) is 44.2 Å². The third kappa shape index (κ3) is 8.78. The zero-order valence-corrected chi connectivity index (χ0v) is 21.5. The van der Waals surface area contributed by atoms with E-state index in [0.717, 1.165) is 30.7 Å². The van der Waals surface area contributed by atoms with Gasteiger partial charge in [0.1, 0.15) is 5.75 Å². The van der Waals surface area contributed by atoms with Gasteiger partial charge in [-0.05, 0) is 66.0 Å². The summed E-state index contributed by atoms with van der Waals surface area (Å²) in [5.41, 5.74) is 5.21. The van der Waals surface area contributed by atoms with Gasteiger partial charge >= 0.3 is 5.97 Å². The predicted molar refractivity (Wildman–Crippen MR) is 145 cm³/mol. The van der Waals surface area contributed by atoms with Crippen LogP contribution in [-0.2, 0) is 4.79 Å². The van der Waals surface area contributed by atoms with E-state index in [-0.39, 0.29) is 5.97 Å². The van der Waals surface area contributed by atoms with Crippen LogP contribution in [-0.4, -0.2) is 5.97 Å². The van der Waals surface area contributed by atoms with Gasteiger partial charge in [0.2, 0.25) is 0 Å². The average Bonchev–Trinajstić information content (AvgIpc) is 2.87. The first-order valence-electron chi connectivity index (χ1n) is 13.8. The third-order valence-corrected chi connectivity index (χ3v) is 7.14. The Hall–Kier alpha value is -2.35. The minimum absolute atomic E-state index is 0.138. The molecule has 1 unspecified atom stereocenters. The van der Waals surface area contributed by atoms with E-state index in [0.29, 0.717) is 12.2 Å². The van der Waals surface area contributed by atoms with Crippen molar-refractivity contribution < 1.29 is 9.53 Å². The lowest BCUT2D eigenvalue weighted by Gasteiger charge is -2.22. The van der Waals surface area contributed by atoms with Crippen LogP contribution in [0.25, 0.3) is 16.7 Å². The lowest BCUT2D eigenvalue weighted by Crippen LogP contribution is -2.07. The predicted octanol–water partition coefficient (Wildman–Crippen LogP) is 9.77. The highest BCUT2D eigenvalue weighted by atomic mass is 16.5. The SMILES string of the molecule is CCCCCCCCC1CC=C(c2ccc(-c3ccc(OC(=O)CCCCC)cc3)cc2)CC1. The van der Waals surface area contributed by atoms with Crippen LogP contribution in [0.2, 0.25) is 0 Å². The van der Waals surface area contributed by atoms with Gasteiger partial charge < -0.3 is 4.74 Å². The smallest absolute Gasteiger partial charge is 0.311 e. The summed E-state index contributed by atoms with van der Waals surface area (Å²) in [6.45, 7) is 4.42. The summed E-state index contributed by atoms with van der Waals surface area (Å²) in [4.78, 5) is 11.9. The monoisotopic (exact) mass is 460 g/mol. The molecule has 2 aromatic rings. The Labute approximate surface area is 207 Å². The third-order valence-electron chi connectivity index (χ3n) is 7.14. The maximum absolute atomic E-state index is 11.9. The van der Waals surface area contributed by atoms with Crippen LogP contribution in [0, 0.1) is 5.92 Å². The second kappa shape index (κ2) is 14.8. The van der Waals surface area contributed by atoms with Crippen molar-refractivity contribution in [2.24, 2.45) is 5.92 Å². The van der Waals surface area contributed by atoms with Gasteiger partial charge in [-0.2, -0.15) is 0 Å². The van der Waals surface area contributed by atoms with Gasteiger partial charge in [-0.25, -0.2) is 0 Å². The summed E-state index contributed by atoms with van der Waals surface area (Å²) in [5.74, 6) is 1.37. The van der Waals surface area contributed by atoms with E-state index in [9.17, 15) is 4.79 Å². The molecule has 0 amide bonds. The fraction of sp³-hybridized carbons (Fsp3) is 0.531. The average molecular weight is 461 g/mol. The summed E-state index contributed by atoms with van der Waals surface area (Å²) in [5, 5.41) is 0. The first-order valence-corrected chi connectivity index (χ1v) is 13.8. The quantitative estimate of drug-likeness (QED) is 0.159. The fourth-order valence-corrected chi connectivity index (χ4v) is 4.92. The second-order valence-electron chi connectivity index (χ2n) is 9.96. The van der Waals surface area contributed by atoms with E-state index in [1.165, 1.54) is 80.9 Å². The molecule has 0 N–H and O–H groups in total. The van der Waals surface area contributed by atoms with Crippen molar-refractivity contribution in [1.82, 2.24) is 0 Å². The molecule has 0 heterocycles. The molecule has 0 saturated carbocycles. The topological polar surface area (TPSA) is 26.3 Å². The molecule has 0 bridgehead atoms. The number of hydrogen-bond acceptors (Lipinski definition) is 2. The Bertz CT molecular complexity index is 876. The zero-order valence-electron chi connectivity index (χ0n) is 21.5. The van der Waals surface area contributed by atoms with Gasteiger partial charge in [-0.1, -0.05) is 114 Å². The summed E-state index contributed by atoms with van der Waals surface area (Å²) < 4.78 is 5.46. The van der Waals surface area contributed by atoms with Gasteiger partial charge in [-0.3, -0.25) is 4.79 Å². The van der Waals surface area contributed by atoms with Gasteiger partial charge in [0.05, 0.1) is 0 Å². The first-order chi connectivity index (χ1) is 16.7. The molecule has 3 rings (SSSR count). The van der Waals surface area contributed by atoms with Crippen LogP contribution in [0.3, 0.4) is 0 Å². The number of benzene rings is 2. The number of carbonyl (C=O) groups excluding carboxylic acids is 1. The fourth-order valence-electron chi connectivity index (χ4n) is 4.92. The summed E-state index contributed by atoms with van der Waals surface area (Å²) in [6, 6.07) is 16.8. The number of allylic oxidation sites excluding steroid dienone is 2. The molecule has 34 heavy (non-hydrogen) atoms. The standard InChI is InChI=1S/C32H44O2/c1-3-5-7-8-9-11-12-26-14-16-27(17-15-26)28-18-20-29(21-19-28)30-22-24-31(25-23-30)34-32(33)13-10-6-4-2/h16,18-26H,3-15,17H2,1-2H3. The number of hydrogen-bond donors (Lipinski definition) is 0. The molecule has 2 aromatic carbocycles. The van der Waals surface area contributed by atoms with E-state index in [1.807, 2.05) is 24.3 Å². The van der Waals surface area contributed by atoms with Crippen LogP contribution in [0.15, 0.2) is 54.6 Å². The van der Waals surface area contributed by atoms with Gasteiger partial charge in [0.15, 0.2) is 0 Å². The largest absolute Gasteiger partial charge is 0.427 e. The molecule has 0 fully saturated rings. The Morgan fingerprint density at radius 3 is 2.00 bits per heavy atom. The Morgan fingerprint density at radius 2 is 1.35 bits per heavy atom. The zero-order chi connectivity index (χ0) is 24.0. The normalized spacial score (nSPS) is 15.7. The molecule has 0 aliphatic heterocycles. The molecule has 0 saturated heterocycles. The van der Waals surface area contributed by atoms with Crippen LogP contribution >= 0.6 is 0 Å². The van der Waals surface area contributed by atoms with Crippen molar-refractivity contribution >= 4 is 11.5 Å². The summed E-state index contributed by atoms with van der Waals surface area (Å²) in [7, 11) is 0. The van der Waals surface area contributed by atoms with Crippen molar-refractivity contribution in [3.63, 3.8) is 0 Å².